The summed E-state index contributed by atoms with van der Waals surface area (Å²) in [6, 6.07) is 4.44. The zero-order chi connectivity index (χ0) is 16.1. The second-order valence-corrected chi connectivity index (χ2v) is 6.51. The van der Waals surface area contributed by atoms with E-state index in [1.165, 1.54) is 28.1 Å². The SMILES string of the molecule is Cn1ncc(Cl)c1-c1nnc2sc(-c3ccc(Cl)cc3F)nn12. The van der Waals surface area contributed by atoms with Crippen LogP contribution in [-0.2, 0) is 7.05 Å². The third kappa shape index (κ3) is 2.30. The van der Waals surface area contributed by atoms with E-state index in [9.17, 15) is 4.39 Å². The van der Waals surface area contributed by atoms with Gasteiger partial charge < -0.3 is 0 Å². The van der Waals surface area contributed by atoms with Crippen LogP contribution in [-0.4, -0.2) is 29.6 Å². The monoisotopic (exact) mass is 368 g/mol. The van der Waals surface area contributed by atoms with Gasteiger partial charge in [0.25, 0.3) is 0 Å². The van der Waals surface area contributed by atoms with E-state index in [2.05, 4.69) is 20.4 Å². The Morgan fingerprint density at radius 3 is 2.74 bits per heavy atom. The van der Waals surface area contributed by atoms with E-state index in [0.717, 1.165) is 0 Å². The first-order valence-electron chi connectivity index (χ1n) is 6.40. The van der Waals surface area contributed by atoms with Crippen LogP contribution in [0, 0.1) is 5.82 Å². The molecule has 1 aromatic carbocycles. The Morgan fingerprint density at radius 2 is 2.04 bits per heavy atom. The number of aromatic nitrogens is 6. The number of nitrogens with zero attached hydrogens (tertiary/aromatic N) is 6. The van der Waals surface area contributed by atoms with E-state index >= 15 is 0 Å². The number of rotatable bonds is 2. The molecule has 0 amide bonds. The van der Waals surface area contributed by atoms with E-state index in [1.807, 2.05) is 0 Å². The third-order valence-electron chi connectivity index (χ3n) is 3.26. The summed E-state index contributed by atoms with van der Waals surface area (Å²) < 4.78 is 17.2. The van der Waals surface area contributed by atoms with Gasteiger partial charge in [-0.05, 0) is 18.2 Å². The number of hydrogen-bond acceptors (Lipinski definition) is 5. The molecule has 0 saturated heterocycles. The van der Waals surface area contributed by atoms with Crippen molar-refractivity contribution >= 4 is 39.5 Å². The van der Waals surface area contributed by atoms with Gasteiger partial charge in [-0.1, -0.05) is 34.5 Å². The first-order chi connectivity index (χ1) is 11.0. The summed E-state index contributed by atoms with van der Waals surface area (Å²) in [6.07, 6.45) is 1.52. The van der Waals surface area contributed by atoms with Crippen LogP contribution in [0.3, 0.4) is 0 Å². The highest BCUT2D eigenvalue weighted by Gasteiger charge is 2.20. The molecule has 0 N–H and O–H groups in total. The van der Waals surface area contributed by atoms with Crippen molar-refractivity contribution in [3.8, 4) is 22.1 Å². The number of halogens is 3. The van der Waals surface area contributed by atoms with Gasteiger partial charge in [0.05, 0.1) is 11.2 Å². The first kappa shape index (κ1) is 14.6. The summed E-state index contributed by atoms with van der Waals surface area (Å²) in [6.45, 7) is 0. The lowest BCUT2D eigenvalue weighted by Crippen LogP contribution is -1.99. The highest BCUT2D eigenvalue weighted by Crippen LogP contribution is 2.32. The highest BCUT2D eigenvalue weighted by atomic mass is 35.5. The number of benzene rings is 1. The van der Waals surface area contributed by atoms with Crippen LogP contribution in [0.1, 0.15) is 0 Å². The number of aryl methyl sites for hydroxylation is 1. The predicted octanol–water partition coefficient (Wildman–Crippen LogP) is 3.70. The van der Waals surface area contributed by atoms with Crippen LogP contribution in [0.2, 0.25) is 10.0 Å². The molecule has 0 fully saturated rings. The second kappa shape index (κ2) is 5.26. The van der Waals surface area contributed by atoms with Crippen molar-refractivity contribution in [2.45, 2.75) is 0 Å². The summed E-state index contributed by atoms with van der Waals surface area (Å²) in [4.78, 5) is 0.529. The van der Waals surface area contributed by atoms with Crippen LogP contribution in [0.5, 0.6) is 0 Å². The molecule has 0 bridgehead atoms. The smallest absolute Gasteiger partial charge is 0.235 e. The molecule has 0 aliphatic rings. The van der Waals surface area contributed by atoms with Crippen molar-refractivity contribution in [1.29, 1.82) is 0 Å². The molecule has 3 heterocycles. The van der Waals surface area contributed by atoms with Gasteiger partial charge in [-0.2, -0.15) is 14.7 Å². The molecular weight excluding hydrogens is 362 g/mol. The molecule has 4 rings (SSSR count). The summed E-state index contributed by atoms with van der Waals surface area (Å²) in [7, 11) is 1.74. The minimum absolute atomic E-state index is 0.330. The molecule has 0 unspecified atom stereocenters. The lowest BCUT2D eigenvalue weighted by Gasteiger charge is -2.00. The summed E-state index contributed by atoms with van der Waals surface area (Å²) >= 11 is 13.1. The minimum Gasteiger partial charge on any atom is -0.263 e. The summed E-state index contributed by atoms with van der Waals surface area (Å²) in [5, 5.41) is 17.9. The summed E-state index contributed by atoms with van der Waals surface area (Å²) in [5.74, 6) is 0.00412. The van der Waals surface area contributed by atoms with Crippen molar-refractivity contribution < 1.29 is 4.39 Å². The molecule has 0 aliphatic carbocycles. The average Bonchev–Trinajstić information content (AvgIpc) is 3.15. The Kier molecular flexibility index (Phi) is 3.33. The van der Waals surface area contributed by atoms with Gasteiger partial charge in [0.2, 0.25) is 10.8 Å². The second-order valence-electron chi connectivity index (χ2n) is 4.71. The zero-order valence-electron chi connectivity index (χ0n) is 11.5. The maximum absolute atomic E-state index is 14.1. The fourth-order valence-corrected chi connectivity index (χ4v) is 3.47. The minimum atomic E-state index is -0.442. The van der Waals surface area contributed by atoms with Crippen molar-refractivity contribution in [3.05, 3.63) is 40.3 Å². The van der Waals surface area contributed by atoms with E-state index in [-0.39, 0.29) is 0 Å². The summed E-state index contributed by atoms with van der Waals surface area (Å²) in [5.41, 5.74) is 0.944. The molecule has 0 saturated carbocycles. The van der Waals surface area contributed by atoms with Crippen LogP contribution in [0.15, 0.2) is 24.4 Å². The van der Waals surface area contributed by atoms with Gasteiger partial charge in [0, 0.05) is 17.6 Å². The van der Waals surface area contributed by atoms with Gasteiger partial charge >= 0.3 is 0 Å². The molecular formula is C13H7Cl2FN6S. The van der Waals surface area contributed by atoms with Crippen LogP contribution < -0.4 is 0 Å². The topological polar surface area (TPSA) is 60.9 Å². The van der Waals surface area contributed by atoms with E-state index in [1.54, 1.807) is 23.9 Å². The van der Waals surface area contributed by atoms with Gasteiger partial charge in [0.1, 0.15) is 11.5 Å². The van der Waals surface area contributed by atoms with E-state index in [4.69, 9.17) is 23.2 Å². The molecule has 6 nitrogen and oxygen atoms in total. The van der Waals surface area contributed by atoms with Gasteiger partial charge in [0.15, 0.2) is 5.01 Å². The van der Waals surface area contributed by atoms with Crippen LogP contribution >= 0.6 is 34.5 Å². The van der Waals surface area contributed by atoms with E-state index < -0.39 is 5.82 Å². The van der Waals surface area contributed by atoms with E-state index in [0.29, 0.717) is 37.1 Å². The number of hydrogen-bond donors (Lipinski definition) is 0. The Hall–Kier alpha value is -2.03. The Bertz CT molecular complexity index is 1020. The van der Waals surface area contributed by atoms with Gasteiger partial charge in [-0.15, -0.1) is 10.2 Å². The Labute approximate surface area is 143 Å². The molecule has 0 aliphatic heterocycles. The van der Waals surface area contributed by atoms with Gasteiger partial charge in [-0.25, -0.2) is 4.39 Å². The largest absolute Gasteiger partial charge is 0.263 e. The lowest BCUT2D eigenvalue weighted by molar-refractivity contribution is 0.631. The molecule has 3 aromatic heterocycles. The predicted molar refractivity (Wildman–Crippen MR) is 86.3 cm³/mol. The molecule has 116 valence electrons. The molecule has 23 heavy (non-hydrogen) atoms. The van der Waals surface area contributed by atoms with Gasteiger partial charge in [-0.3, -0.25) is 4.68 Å². The standard InChI is InChI=1S/C13H7Cl2FN6S/c1-21-10(8(15)5-17-21)11-18-19-13-22(11)20-12(23-13)7-3-2-6(14)4-9(7)16/h2-5H,1H3. The average molecular weight is 369 g/mol. The normalized spacial score (nSPS) is 11.5. The zero-order valence-corrected chi connectivity index (χ0v) is 13.9. The number of fused-ring (bicyclic) bond motifs is 1. The maximum atomic E-state index is 14.1. The lowest BCUT2D eigenvalue weighted by atomic mass is 10.2. The van der Waals surface area contributed by atoms with Crippen molar-refractivity contribution in [1.82, 2.24) is 29.6 Å². The Morgan fingerprint density at radius 1 is 1.22 bits per heavy atom. The van der Waals surface area contributed by atoms with Crippen molar-refractivity contribution in [3.63, 3.8) is 0 Å². The molecule has 0 spiro atoms. The first-order valence-corrected chi connectivity index (χ1v) is 7.97. The van der Waals surface area contributed by atoms with Crippen LogP contribution in [0.4, 0.5) is 4.39 Å². The fourth-order valence-electron chi connectivity index (χ4n) is 2.20. The quantitative estimate of drug-likeness (QED) is 0.541. The molecule has 0 atom stereocenters. The molecule has 0 radical (unpaired) electrons. The highest BCUT2D eigenvalue weighted by molar-refractivity contribution is 7.19. The Balaban J connectivity index is 1.90. The third-order valence-corrected chi connectivity index (χ3v) is 4.70. The fraction of sp³-hybridized carbons (Fsp3) is 0.0769. The van der Waals surface area contributed by atoms with Crippen molar-refractivity contribution in [2.75, 3.05) is 0 Å². The maximum Gasteiger partial charge on any atom is 0.235 e. The molecule has 10 heteroatoms. The molecule has 4 aromatic rings. The van der Waals surface area contributed by atoms with Crippen molar-refractivity contribution in [2.24, 2.45) is 7.05 Å². The van der Waals surface area contributed by atoms with Crippen LogP contribution in [0.25, 0.3) is 27.1 Å².